The van der Waals surface area contributed by atoms with Gasteiger partial charge in [0.25, 0.3) is 0 Å². The molecule has 1 aromatic carbocycles. The van der Waals surface area contributed by atoms with Crippen LogP contribution in [0.3, 0.4) is 0 Å². The summed E-state index contributed by atoms with van der Waals surface area (Å²) < 4.78 is 0. The Kier molecular flexibility index (Phi) is 2.38. The Hall–Kier alpha value is -0.470. The fraction of sp³-hybridized carbons (Fsp3) is 0.400. The largest absolute Gasteiger partial charge is 0.312 e. The summed E-state index contributed by atoms with van der Waals surface area (Å²) in [7, 11) is 0. The van der Waals surface area contributed by atoms with Crippen molar-refractivity contribution in [2.24, 2.45) is 0 Å². The van der Waals surface area contributed by atoms with Crippen molar-refractivity contribution in [2.45, 2.75) is 18.7 Å². The summed E-state index contributed by atoms with van der Waals surface area (Å²) in [5, 5.41) is 3.36. The van der Waals surface area contributed by atoms with Crippen LogP contribution in [-0.2, 0) is 18.7 Å². The minimum absolute atomic E-state index is 0.848. The summed E-state index contributed by atoms with van der Waals surface area (Å²) in [4.78, 5) is 0. The molecule has 0 fully saturated rings. The lowest BCUT2D eigenvalue weighted by Crippen LogP contribution is -2.23. The lowest BCUT2D eigenvalue weighted by molar-refractivity contribution is 0.643. The first-order chi connectivity index (χ1) is 5.90. The number of benzene rings is 1. The van der Waals surface area contributed by atoms with E-state index in [1.54, 1.807) is 0 Å². The number of nitrogens with one attached hydrogen (secondary N) is 1. The van der Waals surface area contributed by atoms with Crippen molar-refractivity contribution in [3.8, 4) is 0 Å². The van der Waals surface area contributed by atoms with Gasteiger partial charge in [-0.1, -0.05) is 18.2 Å². The normalized spacial score (nSPS) is 15.8. The van der Waals surface area contributed by atoms with Gasteiger partial charge in [0.05, 0.1) is 0 Å². The van der Waals surface area contributed by atoms with E-state index in [0.29, 0.717) is 0 Å². The molecule has 0 aliphatic carbocycles. The molecule has 0 amide bonds. The molecular weight excluding hydrogens is 166 g/mol. The lowest BCUT2D eigenvalue weighted by atomic mass is 9.99. The number of hydrogen-bond donors (Lipinski definition) is 2. The molecule has 0 unspecified atom stereocenters. The van der Waals surface area contributed by atoms with Crippen molar-refractivity contribution in [1.82, 2.24) is 5.32 Å². The predicted molar refractivity (Wildman–Crippen MR) is 54.5 cm³/mol. The molecule has 12 heavy (non-hydrogen) atoms. The molecule has 1 nitrogen and oxygen atoms in total. The van der Waals surface area contributed by atoms with Crippen LogP contribution in [0, 0.1) is 0 Å². The van der Waals surface area contributed by atoms with Gasteiger partial charge in [0.1, 0.15) is 0 Å². The van der Waals surface area contributed by atoms with Gasteiger partial charge in [-0.3, -0.25) is 0 Å². The van der Waals surface area contributed by atoms with E-state index in [4.69, 9.17) is 0 Å². The molecule has 1 aliphatic heterocycles. The smallest absolute Gasteiger partial charge is 0.0208 e. The zero-order valence-electron chi connectivity index (χ0n) is 7.01. The molecule has 0 atom stereocenters. The van der Waals surface area contributed by atoms with Gasteiger partial charge in [-0.15, -0.1) is 0 Å². The fourth-order valence-corrected chi connectivity index (χ4v) is 1.83. The maximum atomic E-state index is 4.26. The van der Waals surface area contributed by atoms with Crippen LogP contribution in [-0.4, -0.2) is 6.54 Å². The molecule has 1 aromatic rings. The average Bonchev–Trinajstić information content (AvgIpc) is 2.17. The first-order valence-electron chi connectivity index (χ1n) is 4.32. The van der Waals surface area contributed by atoms with Crippen molar-refractivity contribution in [1.29, 1.82) is 0 Å². The van der Waals surface area contributed by atoms with Gasteiger partial charge in [-0.2, -0.15) is 12.6 Å². The van der Waals surface area contributed by atoms with Gasteiger partial charge in [-0.05, 0) is 29.7 Å². The van der Waals surface area contributed by atoms with E-state index in [9.17, 15) is 0 Å². The molecule has 1 N–H and O–H groups in total. The van der Waals surface area contributed by atoms with Crippen LogP contribution in [0.2, 0.25) is 0 Å². The minimum Gasteiger partial charge on any atom is -0.312 e. The lowest BCUT2D eigenvalue weighted by Gasteiger charge is -2.17. The molecule has 64 valence electrons. The first kappa shape index (κ1) is 8.14. The van der Waals surface area contributed by atoms with E-state index in [0.717, 1.165) is 25.3 Å². The van der Waals surface area contributed by atoms with Gasteiger partial charge >= 0.3 is 0 Å². The molecule has 0 saturated heterocycles. The van der Waals surface area contributed by atoms with Crippen LogP contribution in [0.25, 0.3) is 0 Å². The van der Waals surface area contributed by atoms with Crippen LogP contribution >= 0.6 is 12.6 Å². The molecule has 0 bridgehead atoms. The third kappa shape index (κ3) is 1.50. The highest BCUT2D eigenvalue weighted by Crippen LogP contribution is 2.16. The highest BCUT2D eigenvalue weighted by atomic mass is 32.1. The summed E-state index contributed by atoms with van der Waals surface area (Å²) in [5.41, 5.74) is 4.28. The van der Waals surface area contributed by atoms with E-state index in [1.807, 2.05) is 0 Å². The number of thiol groups is 1. The van der Waals surface area contributed by atoms with Crippen LogP contribution in [0.5, 0.6) is 0 Å². The highest BCUT2D eigenvalue weighted by molar-refractivity contribution is 7.79. The zero-order chi connectivity index (χ0) is 8.39. The SMILES string of the molecule is SCc1ccc2c(c1)CCNC2. The van der Waals surface area contributed by atoms with Crippen LogP contribution < -0.4 is 5.32 Å². The van der Waals surface area contributed by atoms with Gasteiger partial charge in [0.2, 0.25) is 0 Å². The average molecular weight is 179 g/mol. The first-order valence-corrected chi connectivity index (χ1v) is 4.95. The second-order valence-corrected chi connectivity index (χ2v) is 3.50. The summed E-state index contributed by atoms with van der Waals surface area (Å²) in [5.74, 6) is 0.848. The van der Waals surface area contributed by atoms with Crippen molar-refractivity contribution in [3.63, 3.8) is 0 Å². The zero-order valence-corrected chi connectivity index (χ0v) is 7.90. The molecule has 0 radical (unpaired) electrons. The van der Waals surface area contributed by atoms with E-state index >= 15 is 0 Å². The third-order valence-electron chi connectivity index (χ3n) is 2.34. The van der Waals surface area contributed by atoms with Crippen molar-refractivity contribution >= 4 is 12.6 Å². The quantitative estimate of drug-likeness (QED) is 0.626. The Morgan fingerprint density at radius 2 is 2.25 bits per heavy atom. The Balaban J connectivity index is 2.36. The maximum Gasteiger partial charge on any atom is 0.0208 e. The maximum absolute atomic E-state index is 4.26. The molecule has 0 aromatic heterocycles. The number of rotatable bonds is 1. The molecule has 0 saturated carbocycles. The predicted octanol–water partition coefficient (Wildman–Crippen LogP) is 1.76. The Morgan fingerprint density at radius 1 is 1.33 bits per heavy atom. The molecule has 2 heteroatoms. The van der Waals surface area contributed by atoms with Crippen LogP contribution in [0.4, 0.5) is 0 Å². The minimum atomic E-state index is 0.848. The van der Waals surface area contributed by atoms with Crippen molar-refractivity contribution in [2.75, 3.05) is 6.54 Å². The standard InChI is InChI=1S/C10H13NS/c12-7-8-1-2-10-6-11-4-3-9(10)5-8/h1-2,5,11-12H,3-4,6-7H2. The van der Waals surface area contributed by atoms with E-state index in [1.165, 1.54) is 16.7 Å². The summed E-state index contributed by atoms with van der Waals surface area (Å²) in [6, 6.07) is 6.66. The van der Waals surface area contributed by atoms with E-state index in [2.05, 4.69) is 36.1 Å². The molecule has 2 rings (SSSR count). The van der Waals surface area contributed by atoms with Gasteiger partial charge < -0.3 is 5.32 Å². The van der Waals surface area contributed by atoms with Gasteiger partial charge in [-0.25, -0.2) is 0 Å². The molecule has 1 heterocycles. The van der Waals surface area contributed by atoms with Crippen molar-refractivity contribution in [3.05, 3.63) is 34.9 Å². The molecular formula is C10H13NS. The second kappa shape index (κ2) is 3.50. The number of hydrogen-bond acceptors (Lipinski definition) is 2. The Bertz CT molecular complexity index is 283. The Labute approximate surface area is 78.6 Å². The van der Waals surface area contributed by atoms with Gasteiger partial charge in [0, 0.05) is 12.3 Å². The van der Waals surface area contributed by atoms with E-state index < -0.39 is 0 Å². The fourth-order valence-electron chi connectivity index (χ4n) is 1.63. The number of fused-ring (bicyclic) bond motifs is 1. The van der Waals surface area contributed by atoms with Crippen LogP contribution in [0.1, 0.15) is 16.7 Å². The van der Waals surface area contributed by atoms with Crippen molar-refractivity contribution < 1.29 is 0 Å². The highest BCUT2D eigenvalue weighted by Gasteiger charge is 2.07. The van der Waals surface area contributed by atoms with Gasteiger partial charge in [0.15, 0.2) is 0 Å². The van der Waals surface area contributed by atoms with Crippen LogP contribution in [0.15, 0.2) is 18.2 Å². The Morgan fingerprint density at radius 3 is 3.08 bits per heavy atom. The summed E-state index contributed by atoms with van der Waals surface area (Å²) in [6.07, 6.45) is 1.16. The third-order valence-corrected chi connectivity index (χ3v) is 2.70. The molecule has 1 aliphatic rings. The van der Waals surface area contributed by atoms with E-state index in [-0.39, 0.29) is 0 Å². The second-order valence-electron chi connectivity index (χ2n) is 3.19. The summed E-state index contributed by atoms with van der Waals surface area (Å²) >= 11 is 4.26. The monoisotopic (exact) mass is 179 g/mol. The summed E-state index contributed by atoms with van der Waals surface area (Å²) in [6.45, 7) is 2.14. The topological polar surface area (TPSA) is 12.0 Å². The molecule has 0 spiro atoms.